The fourth-order valence-corrected chi connectivity index (χ4v) is 3.41. The van der Waals surface area contributed by atoms with Gasteiger partial charge in [0.15, 0.2) is 5.54 Å². The van der Waals surface area contributed by atoms with Crippen LogP contribution in [0.2, 0.25) is 0 Å². The number of imide groups is 1. The van der Waals surface area contributed by atoms with E-state index < -0.39 is 53.6 Å². The highest BCUT2D eigenvalue weighted by atomic mass is 19.4. The van der Waals surface area contributed by atoms with Crippen LogP contribution < -0.4 is 4.90 Å². The molecule has 0 spiro atoms. The van der Waals surface area contributed by atoms with Gasteiger partial charge >= 0.3 is 12.2 Å². The van der Waals surface area contributed by atoms with Gasteiger partial charge in [-0.3, -0.25) is 9.69 Å². The Labute approximate surface area is 168 Å². The third-order valence-corrected chi connectivity index (χ3v) is 4.84. The molecule has 1 unspecified atom stereocenters. The van der Waals surface area contributed by atoms with Crippen molar-refractivity contribution in [1.29, 1.82) is 10.5 Å². The number of aliphatic hydroxyl groups is 1. The highest BCUT2D eigenvalue weighted by molar-refractivity contribution is 6.23. The zero-order valence-electron chi connectivity index (χ0n) is 15.2. The molecule has 1 aliphatic rings. The number of urea groups is 1. The monoisotopic (exact) mass is 414 g/mol. The van der Waals surface area contributed by atoms with Gasteiger partial charge in [0.05, 0.1) is 35.6 Å². The lowest BCUT2D eigenvalue weighted by atomic mass is 9.89. The van der Waals surface area contributed by atoms with Crippen molar-refractivity contribution in [3.8, 4) is 12.1 Å². The third kappa shape index (κ3) is 3.04. The molecular weight excluding hydrogens is 401 g/mol. The topological polar surface area (TPSA) is 108 Å². The number of hydrogen-bond donors (Lipinski definition) is 1. The van der Waals surface area contributed by atoms with Crippen LogP contribution in [0.15, 0.2) is 48.5 Å². The Kier molecular flexibility index (Phi) is 5.21. The molecule has 3 amide bonds. The van der Waals surface area contributed by atoms with Crippen molar-refractivity contribution in [3.63, 3.8) is 0 Å². The van der Waals surface area contributed by atoms with Crippen molar-refractivity contribution in [2.24, 2.45) is 0 Å². The molecule has 1 aliphatic heterocycles. The molecule has 0 aromatic heterocycles. The van der Waals surface area contributed by atoms with Gasteiger partial charge in [0.25, 0.3) is 5.91 Å². The first kappa shape index (κ1) is 20.8. The molecule has 0 bridgehead atoms. The van der Waals surface area contributed by atoms with Gasteiger partial charge in [-0.25, -0.2) is 9.69 Å². The summed E-state index contributed by atoms with van der Waals surface area (Å²) in [5.74, 6) is -1.01. The molecule has 3 rings (SSSR count). The van der Waals surface area contributed by atoms with E-state index in [1.807, 2.05) is 0 Å². The van der Waals surface area contributed by atoms with E-state index in [1.54, 1.807) is 24.3 Å². The zero-order valence-corrected chi connectivity index (χ0v) is 15.2. The number of amides is 3. The minimum absolute atomic E-state index is 0.202. The molecule has 2 aromatic carbocycles. The summed E-state index contributed by atoms with van der Waals surface area (Å²) in [4.78, 5) is 27.6. The number of anilines is 1. The van der Waals surface area contributed by atoms with Crippen LogP contribution >= 0.6 is 0 Å². The Balaban J connectivity index is 2.21. The quantitative estimate of drug-likeness (QED) is 0.611. The normalized spacial score (nSPS) is 19.0. The van der Waals surface area contributed by atoms with Crippen LogP contribution in [0, 0.1) is 22.7 Å². The lowest BCUT2D eigenvalue weighted by molar-refractivity contribution is -0.137. The highest BCUT2D eigenvalue weighted by Gasteiger charge is 2.59. The molecule has 152 valence electrons. The predicted molar refractivity (Wildman–Crippen MR) is 96.6 cm³/mol. The van der Waals surface area contributed by atoms with Crippen molar-refractivity contribution in [1.82, 2.24) is 4.90 Å². The van der Waals surface area contributed by atoms with E-state index in [1.165, 1.54) is 18.2 Å². The van der Waals surface area contributed by atoms with Crippen LogP contribution in [0.25, 0.3) is 0 Å². The highest BCUT2D eigenvalue weighted by Crippen LogP contribution is 2.41. The van der Waals surface area contributed by atoms with E-state index >= 15 is 0 Å². The lowest BCUT2D eigenvalue weighted by Crippen LogP contribution is -2.50. The summed E-state index contributed by atoms with van der Waals surface area (Å²) in [5.41, 5.74) is -4.17. The van der Waals surface area contributed by atoms with Crippen molar-refractivity contribution < 1.29 is 27.9 Å². The summed E-state index contributed by atoms with van der Waals surface area (Å²) in [7, 11) is 0. The van der Waals surface area contributed by atoms with Crippen LogP contribution in [0.3, 0.4) is 0 Å². The zero-order chi connectivity index (χ0) is 22.1. The van der Waals surface area contributed by atoms with E-state index in [-0.39, 0.29) is 5.56 Å². The Hall–Kier alpha value is -3.89. The van der Waals surface area contributed by atoms with Gasteiger partial charge in [-0.05, 0) is 23.8 Å². The minimum Gasteiger partial charge on any atom is -0.393 e. The van der Waals surface area contributed by atoms with Gasteiger partial charge in [-0.15, -0.1) is 0 Å². The van der Waals surface area contributed by atoms with Crippen molar-refractivity contribution >= 4 is 17.6 Å². The number of carbonyl (C=O) groups is 2. The Morgan fingerprint density at radius 1 is 1.07 bits per heavy atom. The first-order chi connectivity index (χ1) is 14.2. The van der Waals surface area contributed by atoms with Gasteiger partial charge in [-0.1, -0.05) is 30.3 Å². The number of rotatable bonds is 4. The summed E-state index contributed by atoms with van der Waals surface area (Å²) >= 11 is 0. The minimum atomic E-state index is -4.90. The van der Waals surface area contributed by atoms with Crippen molar-refractivity contribution in [2.75, 3.05) is 18.1 Å². The van der Waals surface area contributed by atoms with E-state index in [0.29, 0.717) is 11.0 Å². The van der Waals surface area contributed by atoms with Gasteiger partial charge < -0.3 is 5.11 Å². The summed E-state index contributed by atoms with van der Waals surface area (Å²) in [5, 5.41) is 28.2. The van der Waals surface area contributed by atoms with E-state index in [0.717, 1.165) is 17.0 Å². The number of hydrogen-bond acceptors (Lipinski definition) is 5. The number of aliphatic hydroxyl groups excluding tert-OH is 1. The largest absolute Gasteiger partial charge is 0.417 e. The smallest absolute Gasteiger partial charge is 0.393 e. The molecule has 0 aliphatic carbocycles. The molecule has 0 radical (unpaired) electrons. The standard InChI is InChI=1S/C20H13F3N4O3/c21-20(22,23)16-10-15(7-6-13(16)11-25)27-17(29)19(12-28,14-4-2-1-3-5-14)26(9-8-24)18(27)30/h1-7,10,28H,9,12H2. The second-order valence-electron chi connectivity index (χ2n) is 6.39. The summed E-state index contributed by atoms with van der Waals surface area (Å²) < 4.78 is 40.0. The van der Waals surface area contributed by atoms with Crippen molar-refractivity contribution in [3.05, 3.63) is 65.2 Å². The summed E-state index contributed by atoms with van der Waals surface area (Å²) in [6.07, 6.45) is -4.90. The van der Waals surface area contributed by atoms with Gasteiger partial charge in [-0.2, -0.15) is 23.7 Å². The van der Waals surface area contributed by atoms with E-state index in [2.05, 4.69) is 0 Å². The molecule has 1 fully saturated rings. The molecule has 2 aromatic rings. The van der Waals surface area contributed by atoms with Crippen LogP contribution in [-0.2, 0) is 16.5 Å². The van der Waals surface area contributed by atoms with Crippen LogP contribution in [0.1, 0.15) is 16.7 Å². The molecule has 1 atom stereocenters. The molecule has 10 heteroatoms. The van der Waals surface area contributed by atoms with Crippen LogP contribution in [0.4, 0.5) is 23.7 Å². The molecule has 1 saturated heterocycles. The fraction of sp³-hybridized carbons (Fsp3) is 0.200. The molecule has 7 nitrogen and oxygen atoms in total. The maximum absolute atomic E-state index is 13.3. The predicted octanol–water partition coefficient (Wildman–Crippen LogP) is 2.76. The fourth-order valence-electron chi connectivity index (χ4n) is 3.41. The number of carbonyl (C=O) groups excluding carboxylic acids is 2. The molecular formula is C20H13F3N4O3. The van der Waals surface area contributed by atoms with Crippen LogP contribution in [0.5, 0.6) is 0 Å². The maximum atomic E-state index is 13.3. The average Bonchev–Trinajstić information content (AvgIpc) is 2.95. The SMILES string of the molecule is N#CCN1C(=O)N(c2ccc(C#N)c(C(F)(F)F)c2)C(=O)C1(CO)c1ccccc1. The summed E-state index contributed by atoms with van der Waals surface area (Å²) in [6, 6.07) is 12.2. The van der Waals surface area contributed by atoms with Crippen LogP contribution in [-0.4, -0.2) is 35.1 Å². The molecule has 1 N–H and O–H groups in total. The van der Waals surface area contributed by atoms with E-state index in [9.17, 15) is 27.9 Å². The lowest BCUT2D eigenvalue weighted by Gasteiger charge is -2.32. The number of alkyl halides is 3. The number of benzene rings is 2. The summed E-state index contributed by atoms with van der Waals surface area (Å²) in [6.45, 7) is -1.47. The first-order valence-corrected chi connectivity index (χ1v) is 8.53. The van der Waals surface area contributed by atoms with Gasteiger partial charge in [0, 0.05) is 0 Å². The van der Waals surface area contributed by atoms with E-state index in [4.69, 9.17) is 10.5 Å². The molecule has 0 saturated carbocycles. The number of nitrogens with zero attached hydrogens (tertiary/aromatic N) is 4. The van der Waals surface area contributed by atoms with Gasteiger partial charge in [0.2, 0.25) is 0 Å². The van der Waals surface area contributed by atoms with Crippen molar-refractivity contribution in [2.45, 2.75) is 11.7 Å². The Morgan fingerprint density at radius 3 is 2.27 bits per heavy atom. The second kappa shape index (κ2) is 7.50. The molecule has 1 heterocycles. The number of nitriles is 2. The van der Waals surface area contributed by atoms with Gasteiger partial charge in [0.1, 0.15) is 6.54 Å². The second-order valence-corrected chi connectivity index (χ2v) is 6.39. The molecule has 30 heavy (non-hydrogen) atoms. The maximum Gasteiger partial charge on any atom is 0.417 e. The average molecular weight is 414 g/mol. The number of halogens is 3. The first-order valence-electron chi connectivity index (χ1n) is 8.53. The Morgan fingerprint density at radius 2 is 1.73 bits per heavy atom. The third-order valence-electron chi connectivity index (χ3n) is 4.84. The Bertz CT molecular complexity index is 1090.